The topological polar surface area (TPSA) is 58.6 Å². The summed E-state index contributed by atoms with van der Waals surface area (Å²) < 4.78 is 5.28. The molecule has 0 saturated carbocycles. The van der Waals surface area contributed by atoms with Gasteiger partial charge in [-0.15, -0.1) is 0 Å². The zero-order valence-electron chi connectivity index (χ0n) is 12.2. The summed E-state index contributed by atoms with van der Waals surface area (Å²) in [5, 5.41) is 3.26. The molecule has 0 spiro atoms. The molecular formula is C17H15ClN2O3. The lowest BCUT2D eigenvalue weighted by atomic mass is 10.2. The Morgan fingerprint density at radius 3 is 2.74 bits per heavy atom. The Hall–Kier alpha value is -2.53. The van der Waals surface area contributed by atoms with Gasteiger partial charge in [0.25, 0.3) is 5.91 Å². The van der Waals surface area contributed by atoms with Crippen LogP contribution in [0.4, 0.5) is 10.5 Å². The van der Waals surface area contributed by atoms with E-state index in [-0.39, 0.29) is 18.6 Å². The first-order chi connectivity index (χ1) is 11.1. The second-order valence-electron chi connectivity index (χ2n) is 5.17. The molecule has 3 rings (SSSR count). The van der Waals surface area contributed by atoms with Gasteiger partial charge in [0.2, 0.25) is 0 Å². The third-order valence-electron chi connectivity index (χ3n) is 3.52. The molecule has 2 amide bonds. The van der Waals surface area contributed by atoms with Crippen molar-refractivity contribution >= 4 is 29.3 Å². The Balaban J connectivity index is 1.58. The van der Waals surface area contributed by atoms with Crippen molar-refractivity contribution in [1.82, 2.24) is 5.32 Å². The highest BCUT2D eigenvalue weighted by Crippen LogP contribution is 2.20. The maximum Gasteiger partial charge on any atom is 0.414 e. The fourth-order valence-electron chi connectivity index (χ4n) is 2.38. The maximum atomic E-state index is 12.1. The lowest BCUT2D eigenvalue weighted by molar-refractivity contribution is 0.0916. The van der Waals surface area contributed by atoms with Crippen molar-refractivity contribution in [2.75, 3.05) is 18.0 Å². The van der Waals surface area contributed by atoms with E-state index in [0.29, 0.717) is 17.1 Å². The van der Waals surface area contributed by atoms with E-state index < -0.39 is 6.09 Å². The van der Waals surface area contributed by atoms with Gasteiger partial charge in [0, 0.05) is 16.3 Å². The molecule has 1 unspecified atom stereocenters. The Morgan fingerprint density at radius 1 is 1.22 bits per heavy atom. The van der Waals surface area contributed by atoms with Gasteiger partial charge in [-0.3, -0.25) is 9.69 Å². The second-order valence-corrected chi connectivity index (χ2v) is 5.61. The summed E-state index contributed by atoms with van der Waals surface area (Å²) in [6.07, 6.45) is -0.788. The van der Waals surface area contributed by atoms with Crippen molar-refractivity contribution in [2.45, 2.75) is 6.10 Å². The number of amides is 2. The van der Waals surface area contributed by atoms with E-state index >= 15 is 0 Å². The number of carbonyl (C=O) groups is 2. The quantitative estimate of drug-likeness (QED) is 0.937. The maximum absolute atomic E-state index is 12.1. The number of hydrogen-bond donors (Lipinski definition) is 1. The third kappa shape index (κ3) is 3.63. The van der Waals surface area contributed by atoms with Crippen LogP contribution in [0.15, 0.2) is 54.6 Å². The highest BCUT2D eigenvalue weighted by atomic mass is 35.5. The van der Waals surface area contributed by atoms with Crippen LogP contribution in [0.25, 0.3) is 0 Å². The van der Waals surface area contributed by atoms with Gasteiger partial charge < -0.3 is 10.1 Å². The molecule has 0 bridgehead atoms. The molecule has 1 aliphatic heterocycles. The number of anilines is 1. The normalized spacial score (nSPS) is 17.0. The third-order valence-corrected chi connectivity index (χ3v) is 3.75. The highest BCUT2D eigenvalue weighted by Gasteiger charge is 2.32. The lowest BCUT2D eigenvalue weighted by Gasteiger charge is -2.12. The van der Waals surface area contributed by atoms with Crippen LogP contribution < -0.4 is 10.2 Å². The zero-order chi connectivity index (χ0) is 16.2. The molecule has 0 aromatic heterocycles. The number of halogens is 1. The average Bonchev–Trinajstić information content (AvgIpc) is 2.94. The van der Waals surface area contributed by atoms with Gasteiger partial charge in [0.05, 0.1) is 13.1 Å². The Bertz CT molecular complexity index is 721. The number of ether oxygens (including phenoxy) is 1. The second kappa shape index (κ2) is 6.71. The van der Waals surface area contributed by atoms with Crippen LogP contribution in [0.2, 0.25) is 5.02 Å². The molecule has 1 aliphatic rings. The summed E-state index contributed by atoms with van der Waals surface area (Å²) in [5.74, 6) is -0.248. The number of nitrogens with zero attached hydrogens (tertiary/aromatic N) is 1. The van der Waals surface area contributed by atoms with Crippen molar-refractivity contribution in [3.8, 4) is 0 Å². The Labute approximate surface area is 138 Å². The van der Waals surface area contributed by atoms with E-state index in [4.69, 9.17) is 16.3 Å². The van der Waals surface area contributed by atoms with E-state index in [0.717, 1.165) is 5.69 Å². The molecule has 1 N–H and O–H groups in total. The van der Waals surface area contributed by atoms with E-state index in [1.165, 1.54) is 0 Å². The van der Waals surface area contributed by atoms with Crippen molar-refractivity contribution in [3.63, 3.8) is 0 Å². The number of cyclic esters (lactones) is 1. The van der Waals surface area contributed by atoms with Gasteiger partial charge in [-0.2, -0.15) is 0 Å². The van der Waals surface area contributed by atoms with Crippen molar-refractivity contribution in [3.05, 3.63) is 65.2 Å². The first-order valence-electron chi connectivity index (χ1n) is 7.20. The Morgan fingerprint density at radius 2 is 2.00 bits per heavy atom. The summed E-state index contributed by atoms with van der Waals surface area (Å²) in [6.45, 7) is 0.652. The predicted molar refractivity (Wildman–Crippen MR) is 87.8 cm³/mol. The molecule has 0 radical (unpaired) electrons. The molecule has 0 aliphatic carbocycles. The molecule has 1 heterocycles. The lowest BCUT2D eigenvalue weighted by Crippen LogP contribution is -2.34. The van der Waals surface area contributed by atoms with Gasteiger partial charge in [-0.05, 0) is 30.3 Å². The molecule has 2 aromatic rings. The van der Waals surface area contributed by atoms with Crippen LogP contribution in [-0.2, 0) is 4.74 Å². The minimum absolute atomic E-state index is 0.248. The first-order valence-corrected chi connectivity index (χ1v) is 7.58. The van der Waals surface area contributed by atoms with Gasteiger partial charge in [0.15, 0.2) is 0 Å². The highest BCUT2D eigenvalue weighted by molar-refractivity contribution is 6.30. The van der Waals surface area contributed by atoms with E-state index in [2.05, 4.69) is 5.32 Å². The molecular weight excluding hydrogens is 316 g/mol. The van der Waals surface area contributed by atoms with E-state index in [9.17, 15) is 9.59 Å². The van der Waals surface area contributed by atoms with E-state index in [1.807, 2.05) is 30.3 Å². The molecule has 2 aromatic carbocycles. The summed E-state index contributed by atoms with van der Waals surface area (Å²) in [5.41, 5.74) is 1.25. The monoisotopic (exact) mass is 330 g/mol. The molecule has 6 heteroatoms. The smallest absolute Gasteiger partial charge is 0.414 e. The summed E-state index contributed by atoms with van der Waals surface area (Å²) in [4.78, 5) is 25.5. The molecule has 118 valence electrons. The number of carbonyl (C=O) groups excluding carboxylic acids is 2. The van der Waals surface area contributed by atoms with Crippen LogP contribution >= 0.6 is 11.6 Å². The van der Waals surface area contributed by atoms with Crippen molar-refractivity contribution < 1.29 is 14.3 Å². The van der Waals surface area contributed by atoms with Crippen molar-refractivity contribution in [2.24, 2.45) is 0 Å². The minimum atomic E-state index is -0.404. The number of para-hydroxylation sites is 1. The van der Waals surface area contributed by atoms with Gasteiger partial charge in [0.1, 0.15) is 6.10 Å². The zero-order valence-corrected chi connectivity index (χ0v) is 13.0. The number of rotatable bonds is 4. The first kappa shape index (κ1) is 15.4. The minimum Gasteiger partial charge on any atom is -0.442 e. The molecule has 23 heavy (non-hydrogen) atoms. The van der Waals surface area contributed by atoms with Crippen molar-refractivity contribution in [1.29, 1.82) is 0 Å². The number of hydrogen-bond acceptors (Lipinski definition) is 3. The number of benzene rings is 2. The van der Waals surface area contributed by atoms with Gasteiger partial charge in [-0.25, -0.2) is 4.79 Å². The average molecular weight is 331 g/mol. The van der Waals surface area contributed by atoms with Crippen LogP contribution in [0.3, 0.4) is 0 Å². The summed E-state index contributed by atoms with van der Waals surface area (Å²) in [7, 11) is 0. The molecule has 1 atom stereocenters. The standard InChI is InChI=1S/C17H15ClN2O3/c18-13-6-4-5-12(9-13)16(21)19-10-15-11-20(17(22)23-15)14-7-2-1-3-8-14/h1-9,15H,10-11H2,(H,19,21). The summed E-state index contributed by atoms with van der Waals surface area (Å²) in [6, 6.07) is 16.0. The fourth-order valence-corrected chi connectivity index (χ4v) is 2.58. The fraction of sp³-hybridized carbons (Fsp3) is 0.176. The Kier molecular flexibility index (Phi) is 4.48. The predicted octanol–water partition coefficient (Wildman–Crippen LogP) is 3.10. The SMILES string of the molecule is O=C(NCC1CN(c2ccccc2)C(=O)O1)c1cccc(Cl)c1. The largest absolute Gasteiger partial charge is 0.442 e. The van der Waals surface area contributed by atoms with Crippen LogP contribution in [0.5, 0.6) is 0 Å². The van der Waals surface area contributed by atoms with Gasteiger partial charge >= 0.3 is 6.09 Å². The molecule has 1 fully saturated rings. The van der Waals surface area contributed by atoms with E-state index in [1.54, 1.807) is 29.2 Å². The van der Waals surface area contributed by atoms with Gasteiger partial charge in [-0.1, -0.05) is 35.9 Å². The summed E-state index contributed by atoms with van der Waals surface area (Å²) >= 11 is 5.87. The number of nitrogens with one attached hydrogen (secondary N) is 1. The van der Waals surface area contributed by atoms with Crippen LogP contribution in [-0.4, -0.2) is 31.2 Å². The molecule has 5 nitrogen and oxygen atoms in total. The van der Waals surface area contributed by atoms with Crippen LogP contribution in [0.1, 0.15) is 10.4 Å². The molecule has 1 saturated heterocycles. The van der Waals surface area contributed by atoms with Crippen LogP contribution in [0, 0.1) is 0 Å².